The molecule has 0 bridgehead atoms. The van der Waals surface area contributed by atoms with Crippen LogP contribution in [-0.2, 0) is 10.4 Å². The summed E-state index contributed by atoms with van der Waals surface area (Å²) in [5, 5.41) is 18.8. The molecule has 0 aromatic heterocycles. The van der Waals surface area contributed by atoms with E-state index in [0.29, 0.717) is 0 Å². The van der Waals surface area contributed by atoms with Gasteiger partial charge in [-0.1, -0.05) is 65.1 Å². The fraction of sp³-hybridized carbons (Fsp3) is 0.222. The summed E-state index contributed by atoms with van der Waals surface area (Å²) in [5.74, 6) is -1.62. The largest absolute Gasteiger partial charge is 0.479 e. The lowest BCUT2D eigenvalue weighted by Gasteiger charge is -2.30. The van der Waals surface area contributed by atoms with E-state index in [1.54, 1.807) is 18.2 Å². The van der Waals surface area contributed by atoms with Crippen LogP contribution in [0.2, 0.25) is 0 Å². The van der Waals surface area contributed by atoms with Crippen molar-refractivity contribution in [3.05, 3.63) is 35.9 Å². The topological polar surface area (TPSA) is 57.5 Å². The van der Waals surface area contributed by atoms with Gasteiger partial charge in [0.15, 0.2) is 0 Å². The van der Waals surface area contributed by atoms with Gasteiger partial charge in [0.05, 0.1) is 0 Å². The van der Waals surface area contributed by atoms with Crippen LogP contribution in [0.3, 0.4) is 0 Å². The van der Waals surface area contributed by atoms with E-state index >= 15 is 0 Å². The van der Waals surface area contributed by atoms with Gasteiger partial charge in [-0.3, -0.25) is 0 Å². The molecule has 0 spiro atoms. The highest BCUT2D eigenvalue weighted by atomic mass is 35.6. The quantitative estimate of drug-likeness (QED) is 0.810. The number of carboxylic acid groups (broad SMARTS) is 1. The summed E-state index contributed by atoms with van der Waals surface area (Å²) >= 11 is 16.4. The van der Waals surface area contributed by atoms with Gasteiger partial charge in [0.2, 0.25) is 9.39 Å². The molecule has 1 aromatic rings. The van der Waals surface area contributed by atoms with Gasteiger partial charge >= 0.3 is 5.97 Å². The third kappa shape index (κ3) is 2.21. The minimum absolute atomic E-state index is 0.0116. The number of hydrogen-bond donors (Lipinski definition) is 2. The van der Waals surface area contributed by atoms with Crippen LogP contribution in [0, 0.1) is 0 Å². The Morgan fingerprint density at radius 1 is 1.13 bits per heavy atom. The Balaban J connectivity index is 3.32. The molecule has 0 unspecified atom stereocenters. The molecular weight excluding hydrogens is 262 g/mol. The number of halogens is 3. The standard InChI is InChI=1S/C9H7Cl3O3/c10-9(11,12)8(15,7(13)14)6-4-2-1-3-5-6/h1-5,15H,(H,13,14)/t8-/m0/s1. The average molecular weight is 270 g/mol. The minimum Gasteiger partial charge on any atom is -0.479 e. The molecule has 0 saturated carbocycles. The van der Waals surface area contributed by atoms with Gasteiger partial charge in [-0.15, -0.1) is 0 Å². The molecule has 15 heavy (non-hydrogen) atoms. The van der Waals surface area contributed by atoms with Crippen molar-refractivity contribution in [2.75, 3.05) is 0 Å². The zero-order valence-electron chi connectivity index (χ0n) is 7.32. The van der Waals surface area contributed by atoms with E-state index in [0.717, 1.165) is 0 Å². The number of aliphatic hydroxyl groups is 1. The van der Waals surface area contributed by atoms with Gasteiger partial charge in [-0.25, -0.2) is 4.79 Å². The Morgan fingerprint density at radius 2 is 1.60 bits per heavy atom. The molecular formula is C9H7Cl3O3. The highest BCUT2D eigenvalue weighted by molar-refractivity contribution is 6.69. The number of benzene rings is 1. The molecule has 0 aliphatic heterocycles. The third-order valence-corrected chi connectivity index (χ3v) is 2.73. The zero-order valence-corrected chi connectivity index (χ0v) is 9.59. The van der Waals surface area contributed by atoms with Gasteiger partial charge in [0, 0.05) is 0 Å². The van der Waals surface area contributed by atoms with Gasteiger partial charge in [0.1, 0.15) is 0 Å². The van der Waals surface area contributed by atoms with Crippen molar-refractivity contribution < 1.29 is 15.0 Å². The predicted octanol–water partition coefficient (Wildman–Crippen LogP) is 2.33. The number of aliphatic carboxylic acids is 1. The molecule has 1 aromatic carbocycles. The van der Waals surface area contributed by atoms with Crippen LogP contribution in [0.1, 0.15) is 5.56 Å². The highest BCUT2D eigenvalue weighted by Crippen LogP contribution is 2.44. The van der Waals surface area contributed by atoms with Crippen LogP contribution in [-0.4, -0.2) is 20.0 Å². The molecule has 3 nitrogen and oxygen atoms in total. The maximum Gasteiger partial charge on any atom is 0.345 e. The van der Waals surface area contributed by atoms with Crippen molar-refractivity contribution >= 4 is 40.8 Å². The van der Waals surface area contributed by atoms with Crippen LogP contribution in [0.5, 0.6) is 0 Å². The molecule has 0 aliphatic carbocycles. The third-order valence-electron chi connectivity index (χ3n) is 1.91. The van der Waals surface area contributed by atoms with Crippen LogP contribution >= 0.6 is 34.8 Å². The molecule has 0 amide bonds. The molecule has 6 heteroatoms. The van der Waals surface area contributed by atoms with Gasteiger partial charge in [0.25, 0.3) is 0 Å². The molecule has 82 valence electrons. The number of carbonyl (C=O) groups is 1. The maximum absolute atomic E-state index is 11.0. The first-order valence-corrected chi connectivity index (χ1v) is 5.01. The van der Waals surface area contributed by atoms with Crippen molar-refractivity contribution in [3.63, 3.8) is 0 Å². The minimum atomic E-state index is -2.56. The van der Waals surface area contributed by atoms with Gasteiger partial charge in [-0.2, -0.15) is 0 Å². The Labute approximate surface area is 101 Å². The summed E-state index contributed by atoms with van der Waals surface area (Å²) in [7, 11) is 0. The molecule has 0 radical (unpaired) electrons. The second-order valence-electron chi connectivity index (χ2n) is 2.88. The molecule has 2 N–H and O–H groups in total. The average Bonchev–Trinajstić information content (AvgIpc) is 2.16. The highest BCUT2D eigenvalue weighted by Gasteiger charge is 2.55. The molecule has 0 heterocycles. The summed E-state index contributed by atoms with van der Waals surface area (Å²) in [4.78, 5) is 11.0. The molecule has 1 atom stereocenters. The zero-order chi connectivity index (χ0) is 11.7. The van der Waals surface area contributed by atoms with Crippen molar-refractivity contribution in [1.29, 1.82) is 0 Å². The van der Waals surface area contributed by atoms with E-state index in [2.05, 4.69) is 0 Å². The monoisotopic (exact) mass is 268 g/mol. The van der Waals surface area contributed by atoms with Crippen molar-refractivity contribution in [2.45, 2.75) is 9.39 Å². The fourth-order valence-electron chi connectivity index (χ4n) is 1.09. The van der Waals surface area contributed by atoms with Crippen molar-refractivity contribution in [2.24, 2.45) is 0 Å². The molecule has 0 aliphatic rings. The molecule has 0 fully saturated rings. The Morgan fingerprint density at radius 3 is 1.93 bits per heavy atom. The fourth-order valence-corrected chi connectivity index (χ4v) is 1.66. The van der Waals surface area contributed by atoms with Crippen LogP contribution < -0.4 is 0 Å². The number of alkyl halides is 3. The Hall–Kier alpha value is -0.480. The van der Waals surface area contributed by atoms with Crippen LogP contribution in [0.15, 0.2) is 30.3 Å². The van der Waals surface area contributed by atoms with Gasteiger partial charge < -0.3 is 10.2 Å². The van der Waals surface area contributed by atoms with E-state index in [4.69, 9.17) is 39.9 Å². The summed E-state index contributed by atoms with van der Waals surface area (Å²) < 4.78 is -2.35. The lowest BCUT2D eigenvalue weighted by molar-refractivity contribution is -0.159. The number of carboxylic acids is 1. The lowest BCUT2D eigenvalue weighted by Crippen LogP contribution is -2.47. The lowest BCUT2D eigenvalue weighted by atomic mass is 9.96. The summed E-state index contributed by atoms with van der Waals surface area (Å²) in [6.07, 6.45) is 0. The van der Waals surface area contributed by atoms with Crippen molar-refractivity contribution in [3.8, 4) is 0 Å². The summed E-state index contributed by atoms with van der Waals surface area (Å²) in [6, 6.07) is 7.48. The van der Waals surface area contributed by atoms with E-state index in [-0.39, 0.29) is 5.56 Å². The second-order valence-corrected chi connectivity index (χ2v) is 5.16. The Kier molecular flexibility index (Phi) is 3.51. The predicted molar refractivity (Wildman–Crippen MR) is 58.3 cm³/mol. The van der Waals surface area contributed by atoms with E-state index in [1.807, 2.05) is 0 Å². The van der Waals surface area contributed by atoms with E-state index < -0.39 is 15.4 Å². The van der Waals surface area contributed by atoms with Crippen LogP contribution in [0.4, 0.5) is 0 Å². The van der Waals surface area contributed by atoms with Crippen LogP contribution in [0.25, 0.3) is 0 Å². The second kappa shape index (κ2) is 4.18. The number of rotatable bonds is 2. The summed E-state index contributed by atoms with van der Waals surface area (Å²) in [6.45, 7) is 0. The van der Waals surface area contributed by atoms with E-state index in [1.165, 1.54) is 12.1 Å². The van der Waals surface area contributed by atoms with Gasteiger partial charge in [-0.05, 0) is 5.56 Å². The first-order valence-electron chi connectivity index (χ1n) is 3.88. The molecule has 1 rings (SSSR count). The smallest absolute Gasteiger partial charge is 0.345 e. The Bertz CT molecular complexity index is 361. The van der Waals surface area contributed by atoms with E-state index in [9.17, 15) is 9.90 Å². The SMILES string of the molecule is O=C(O)[C@@](O)(c1ccccc1)C(Cl)(Cl)Cl. The first kappa shape index (κ1) is 12.6. The van der Waals surface area contributed by atoms with Crippen molar-refractivity contribution in [1.82, 2.24) is 0 Å². The first-order chi connectivity index (χ1) is 6.80. The normalized spacial score (nSPS) is 15.7. The summed E-state index contributed by atoms with van der Waals surface area (Å²) in [5.41, 5.74) is -2.55. The maximum atomic E-state index is 11.0. The molecule has 0 saturated heterocycles. The number of hydrogen-bond acceptors (Lipinski definition) is 2.